The van der Waals surface area contributed by atoms with E-state index in [0.717, 1.165) is 81.1 Å². The number of hydrogen-bond donors (Lipinski definition) is 0. The van der Waals surface area contributed by atoms with Crippen molar-refractivity contribution in [2.24, 2.45) is 0 Å². The Morgan fingerprint density at radius 3 is 1.98 bits per heavy atom. The van der Waals surface area contributed by atoms with E-state index in [9.17, 15) is 0 Å². The summed E-state index contributed by atoms with van der Waals surface area (Å²) in [5.74, 6) is 2.81. The minimum absolute atomic E-state index is 0.450. The molecule has 7 nitrogen and oxygen atoms in total. The Bertz CT molecular complexity index is 3380. The number of benzene rings is 6. The second kappa shape index (κ2) is 13.6. The maximum atomic E-state index is 6.67. The number of allylic oxidation sites excluding steroid dienone is 1. The summed E-state index contributed by atoms with van der Waals surface area (Å²) in [6.07, 6.45) is 3.93. The van der Waals surface area contributed by atoms with Crippen molar-refractivity contribution in [3.05, 3.63) is 175 Å². The number of furan rings is 2. The van der Waals surface area contributed by atoms with Crippen LogP contribution in [-0.4, -0.2) is 24.9 Å². The lowest BCUT2D eigenvalue weighted by Crippen LogP contribution is -2.03. The monoisotopic (exact) mass is 765 g/mol. The predicted octanol–water partition coefficient (Wildman–Crippen LogP) is 13.4. The van der Waals surface area contributed by atoms with E-state index >= 15 is 0 Å². The Morgan fingerprint density at radius 2 is 1.22 bits per heavy atom. The lowest BCUT2D eigenvalue weighted by Gasteiger charge is -2.12. The average molecular weight is 766 g/mol. The highest BCUT2D eigenvalue weighted by molar-refractivity contribution is 7.26. The zero-order valence-electron chi connectivity index (χ0n) is 31.2. The van der Waals surface area contributed by atoms with E-state index in [1.807, 2.05) is 116 Å². The van der Waals surface area contributed by atoms with Gasteiger partial charge in [-0.05, 0) is 43.3 Å². The molecule has 0 spiro atoms. The number of fused-ring (bicyclic) bond motifs is 7. The van der Waals surface area contributed by atoms with Gasteiger partial charge >= 0.3 is 0 Å². The normalized spacial score (nSPS) is 11.9. The highest BCUT2D eigenvalue weighted by Gasteiger charge is 2.26. The molecule has 274 valence electrons. The lowest BCUT2D eigenvalue weighted by molar-refractivity contribution is 0.603. The van der Waals surface area contributed by atoms with Crippen LogP contribution in [0.5, 0.6) is 0 Å². The van der Waals surface area contributed by atoms with Crippen LogP contribution in [0.3, 0.4) is 0 Å². The summed E-state index contributed by atoms with van der Waals surface area (Å²) in [6, 6.07) is 48.7. The number of aromatic nitrogens is 5. The number of thiophene rings is 1. The van der Waals surface area contributed by atoms with Crippen molar-refractivity contribution in [3.8, 4) is 45.4 Å². The molecule has 0 radical (unpaired) electrons. The second-order valence-electron chi connectivity index (χ2n) is 14.0. The Kier molecular flexibility index (Phi) is 7.91. The van der Waals surface area contributed by atoms with Gasteiger partial charge in [0.1, 0.15) is 22.5 Å². The summed E-state index contributed by atoms with van der Waals surface area (Å²) < 4.78 is 15.1. The van der Waals surface area contributed by atoms with Gasteiger partial charge in [0, 0.05) is 59.6 Å². The third-order valence-corrected chi connectivity index (χ3v) is 11.6. The second-order valence-corrected chi connectivity index (χ2v) is 15.1. The van der Waals surface area contributed by atoms with E-state index in [4.69, 9.17) is 33.8 Å². The van der Waals surface area contributed by atoms with Gasteiger partial charge in [0.15, 0.2) is 23.3 Å². The van der Waals surface area contributed by atoms with Crippen molar-refractivity contribution in [2.45, 2.75) is 6.92 Å². The van der Waals surface area contributed by atoms with E-state index in [2.05, 4.69) is 55.1 Å². The van der Waals surface area contributed by atoms with Crippen LogP contribution in [-0.2, 0) is 0 Å². The first-order chi connectivity index (χ1) is 28.6. The van der Waals surface area contributed by atoms with Crippen LogP contribution >= 0.6 is 11.3 Å². The van der Waals surface area contributed by atoms with Gasteiger partial charge in [-0.3, -0.25) is 0 Å². The molecular formula is C50H31N5O2S. The summed E-state index contributed by atoms with van der Waals surface area (Å²) in [6.45, 7) is 6.66. The van der Waals surface area contributed by atoms with Gasteiger partial charge in [-0.15, -0.1) is 11.3 Å². The topological polar surface area (TPSA) is 90.7 Å². The first-order valence-corrected chi connectivity index (χ1v) is 19.8. The zero-order chi connectivity index (χ0) is 38.7. The summed E-state index contributed by atoms with van der Waals surface area (Å²) >= 11 is 1.68. The van der Waals surface area contributed by atoms with E-state index in [0.29, 0.717) is 40.2 Å². The Balaban J connectivity index is 1.16. The lowest BCUT2D eigenvalue weighted by atomic mass is 9.96. The fourth-order valence-corrected chi connectivity index (χ4v) is 8.90. The smallest absolute Gasteiger partial charge is 0.164 e. The highest BCUT2D eigenvalue weighted by Crippen LogP contribution is 2.45. The molecular weight excluding hydrogens is 735 g/mol. The number of para-hydroxylation sites is 1. The van der Waals surface area contributed by atoms with Gasteiger partial charge in [-0.25, -0.2) is 24.9 Å². The summed E-state index contributed by atoms with van der Waals surface area (Å²) in [5.41, 5.74) is 8.90. The van der Waals surface area contributed by atoms with Crippen molar-refractivity contribution >= 4 is 76.2 Å². The van der Waals surface area contributed by atoms with Crippen LogP contribution in [0.15, 0.2) is 167 Å². The molecule has 5 heterocycles. The fourth-order valence-electron chi connectivity index (χ4n) is 7.76. The number of nitrogens with zero attached hydrogens (tertiary/aromatic N) is 5. The predicted molar refractivity (Wildman–Crippen MR) is 236 cm³/mol. The van der Waals surface area contributed by atoms with Crippen molar-refractivity contribution in [1.82, 2.24) is 24.9 Å². The summed E-state index contributed by atoms with van der Waals surface area (Å²) in [4.78, 5) is 25.7. The van der Waals surface area contributed by atoms with Gasteiger partial charge in [-0.1, -0.05) is 128 Å². The molecule has 0 aliphatic carbocycles. The third kappa shape index (κ3) is 5.53. The van der Waals surface area contributed by atoms with Crippen LogP contribution in [0.2, 0.25) is 0 Å². The molecule has 6 aromatic carbocycles. The standard InChI is InChI=1S/C50H31N5O2S/c1-3-15-38-42(29(2)47-53-48(30-16-6-4-7-17-30)55-49(54-47)31-18-8-5-9-19-31)43-36(22-14-24-39(43)57-38)45-46-44(35-21-11-13-25-41(35)58-46)51-50(52-45)32-26-27-34-33-20-10-12-23-37(33)56-40(34)28-32/h3-28H,2H2,1H3/b15-3-. The molecule has 0 aliphatic heterocycles. The molecule has 0 saturated carbocycles. The average Bonchev–Trinajstić information content (AvgIpc) is 3.97. The van der Waals surface area contributed by atoms with Crippen LogP contribution in [0, 0.1) is 0 Å². The molecule has 8 heteroatoms. The van der Waals surface area contributed by atoms with E-state index in [1.54, 1.807) is 11.3 Å². The van der Waals surface area contributed by atoms with Crippen molar-refractivity contribution in [1.29, 1.82) is 0 Å². The minimum atomic E-state index is 0.450. The van der Waals surface area contributed by atoms with Crippen molar-refractivity contribution in [2.75, 3.05) is 0 Å². The van der Waals surface area contributed by atoms with Crippen LogP contribution in [0.4, 0.5) is 0 Å². The third-order valence-electron chi connectivity index (χ3n) is 10.4. The van der Waals surface area contributed by atoms with Crippen molar-refractivity contribution in [3.63, 3.8) is 0 Å². The van der Waals surface area contributed by atoms with E-state index < -0.39 is 0 Å². The van der Waals surface area contributed by atoms with Gasteiger partial charge in [-0.2, -0.15) is 0 Å². The zero-order valence-corrected chi connectivity index (χ0v) is 32.0. The Morgan fingerprint density at radius 1 is 0.569 bits per heavy atom. The molecule has 0 N–H and O–H groups in total. The molecule has 0 amide bonds. The quantitative estimate of drug-likeness (QED) is 0.159. The Labute approximate surface area is 336 Å². The summed E-state index contributed by atoms with van der Waals surface area (Å²) in [5, 5.41) is 4.06. The molecule has 11 aromatic rings. The molecule has 58 heavy (non-hydrogen) atoms. The maximum absolute atomic E-state index is 6.67. The SMILES string of the molecule is C=C(c1nc(-c2ccccc2)nc(-c2ccccc2)n1)c1c(/C=C\C)oc2cccc(-c3nc(-c4ccc5c(c4)oc4ccccc45)nc4c3sc3ccccc34)c12. The molecule has 11 rings (SSSR count). The summed E-state index contributed by atoms with van der Waals surface area (Å²) in [7, 11) is 0. The van der Waals surface area contributed by atoms with Crippen LogP contribution in [0.25, 0.3) is 110 Å². The van der Waals surface area contributed by atoms with Crippen LogP contribution in [0.1, 0.15) is 24.1 Å². The molecule has 0 fully saturated rings. The molecule has 0 bridgehead atoms. The molecule has 0 atom stereocenters. The first kappa shape index (κ1) is 33.8. The fraction of sp³-hybridized carbons (Fsp3) is 0.0200. The highest BCUT2D eigenvalue weighted by atomic mass is 32.1. The van der Waals surface area contributed by atoms with Gasteiger partial charge < -0.3 is 8.83 Å². The minimum Gasteiger partial charge on any atom is -0.456 e. The van der Waals surface area contributed by atoms with Crippen LogP contribution < -0.4 is 0 Å². The molecule has 5 aromatic heterocycles. The van der Waals surface area contributed by atoms with Gasteiger partial charge in [0.2, 0.25) is 0 Å². The van der Waals surface area contributed by atoms with E-state index in [-0.39, 0.29) is 0 Å². The first-order valence-electron chi connectivity index (χ1n) is 19.0. The van der Waals surface area contributed by atoms with Gasteiger partial charge in [0.05, 0.1) is 15.9 Å². The van der Waals surface area contributed by atoms with Gasteiger partial charge in [0.25, 0.3) is 0 Å². The number of hydrogen-bond acceptors (Lipinski definition) is 8. The number of rotatable bonds is 7. The van der Waals surface area contributed by atoms with E-state index in [1.165, 1.54) is 0 Å². The molecule has 0 aliphatic rings. The largest absolute Gasteiger partial charge is 0.456 e. The molecule has 0 unspecified atom stereocenters. The van der Waals surface area contributed by atoms with Crippen molar-refractivity contribution < 1.29 is 8.83 Å². The molecule has 0 saturated heterocycles. The maximum Gasteiger partial charge on any atom is 0.164 e. The Hall–Kier alpha value is -7.55.